The van der Waals surface area contributed by atoms with Crippen molar-refractivity contribution in [2.75, 3.05) is 19.0 Å². The average molecular weight is 499 g/mol. The first kappa shape index (κ1) is 24.1. The summed E-state index contributed by atoms with van der Waals surface area (Å²) < 4.78 is 59.2. The lowest BCUT2D eigenvalue weighted by Gasteiger charge is -2.13. The van der Waals surface area contributed by atoms with Crippen molar-refractivity contribution in [2.24, 2.45) is 0 Å². The van der Waals surface area contributed by atoms with Gasteiger partial charge in [-0.1, -0.05) is 18.2 Å². The van der Waals surface area contributed by atoms with E-state index >= 15 is 0 Å². The van der Waals surface area contributed by atoms with Crippen LogP contribution in [-0.4, -0.2) is 34.4 Å². The van der Waals surface area contributed by atoms with Crippen LogP contribution in [0.3, 0.4) is 0 Å². The summed E-state index contributed by atoms with van der Waals surface area (Å²) in [6.45, 7) is 1.79. The quantitative estimate of drug-likeness (QED) is 0.275. The summed E-state index contributed by atoms with van der Waals surface area (Å²) >= 11 is 0. The summed E-state index contributed by atoms with van der Waals surface area (Å²) in [5.41, 5.74) is 6.29. The average Bonchev–Trinajstić information content (AvgIpc) is 3.57. The zero-order chi connectivity index (χ0) is 25.4. The number of alkyl halides is 3. The zero-order valence-electron chi connectivity index (χ0n) is 20.0. The molecule has 1 aliphatic rings. The third-order valence-electron chi connectivity index (χ3n) is 6.43. The van der Waals surface area contributed by atoms with Crippen LogP contribution in [0.2, 0.25) is 0 Å². The van der Waals surface area contributed by atoms with E-state index in [1.165, 1.54) is 37.1 Å². The molecule has 1 N–H and O–H groups in total. The molecule has 4 aromatic rings. The summed E-state index contributed by atoms with van der Waals surface area (Å²) in [6.07, 6.45) is -0.877. The number of fused-ring (bicyclic) bond motifs is 1. The Labute approximate surface area is 206 Å². The molecule has 0 amide bonds. The maximum absolute atomic E-state index is 14.3. The van der Waals surface area contributed by atoms with Gasteiger partial charge in [0.1, 0.15) is 0 Å². The van der Waals surface area contributed by atoms with Crippen molar-refractivity contribution in [1.29, 1.82) is 0 Å². The van der Waals surface area contributed by atoms with Crippen molar-refractivity contribution >= 4 is 11.3 Å². The van der Waals surface area contributed by atoms with Crippen molar-refractivity contribution in [1.82, 2.24) is 14.6 Å². The molecule has 36 heavy (non-hydrogen) atoms. The minimum Gasteiger partial charge on any atom is -0.494 e. The molecule has 188 valence electrons. The van der Waals surface area contributed by atoms with Crippen molar-refractivity contribution < 1.29 is 22.3 Å². The van der Waals surface area contributed by atoms with Crippen LogP contribution < -0.4 is 10.1 Å². The summed E-state index contributed by atoms with van der Waals surface area (Å²) in [4.78, 5) is 4.47. The van der Waals surface area contributed by atoms with Gasteiger partial charge in [-0.2, -0.15) is 18.3 Å². The van der Waals surface area contributed by atoms with E-state index in [1.807, 2.05) is 6.07 Å². The number of anilines is 1. The fraction of sp³-hybridized carbons (Fsp3) is 0.333. The van der Waals surface area contributed by atoms with Crippen LogP contribution >= 0.6 is 0 Å². The van der Waals surface area contributed by atoms with Gasteiger partial charge in [0.25, 0.3) is 0 Å². The molecular formula is C27H26F4N4O. The number of halogens is 4. The third-order valence-corrected chi connectivity index (χ3v) is 6.43. The molecule has 2 aromatic heterocycles. The highest BCUT2D eigenvalue weighted by Crippen LogP contribution is 2.42. The van der Waals surface area contributed by atoms with Gasteiger partial charge in [-0.15, -0.1) is 0 Å². The number of hydrogen-bond donors (Lipinski definition) is 1. The Kier molecular flexibility index (Phi) is 6.32. The third kappa shape index (κ3) is 5.15. The van der Waals surface area contributed by atoms with Crippen LogP contribution in [0.25, 0.3) is 16.9 Å². The minimum atomic E-state index is -4.28. The number of nitrogens with one attached hydrogen (secondary N) is 1. The molecule has 0 spiro atoms. The van der Waals surface area contributed by atoms with Crippen molar-refractivity contribution in [2.45, 2.75) is 44.7 Å². The largest absolute Gasteiger partial charge is 0.494 e. The summed E-state index contributed by atoms with van der Waals surface area (Å²) in [6, 6.07) is 12.6. The van der Waals surface area contributed by atoms with Gasteiger partial charge < -0.3 is 10.1 Å². The molecule has 0 bridgehead atoms. The van der Waals surface area contributed by atoms with E-state index < -0.39 is 18.4 Å². The molecule has 2 aromatic carbocycles. The highest BCUT2D eigenvalue weighted by atomic mass is 19.4. The lowest BCUT2D eigenvalue weighted by Crippen LogP contribution is -2.15. The SMILES string of the molecule is COc1ccc(Cc2cc(NCCC(F)(F)F)c3ncc(-c4ccc(C5CC5)c(C)c4)n3n2)cc1F. The first-order valence-electron chi connectivity index (χ1n) is 11.8. The highest BCUT2D eigenvalue weighted by molar-refractivity contribution is 5.73. The van der Waals surface area contributed by atoms with Crippen LogP contribution in [0.5, 0.6) is 5.75 Å². The van der Waals surface area contributed by atoms with E-state index in [-0.39, 0.29) is 18.7 Å². The molecule has 1 saturated carbocycles. The van der Waals surface area contributed by atoms with Gasteiger partial charge in [0.2, 0.25) is 0 Å². The van der Waals surface area contributed by atoms with Gasteiger partial charge in [0, 0.05) is 18.5 Å². The molecule has 0 aliphatic heterocycles. The van der Waals surface area contributed by atoms with Crippen LogP contribution in [0.4, 0.5) is 23.2 Å². The number of imidazole rings is 1. The number of aromatic nitrogens is 3. The lowest BCUT2D eigenvalue weighted by molar-refractivity contribution is -0.131. The molecule has 5 nitrogen and oxygen atoms in total. The Morgan fingerprint density at radius 1 is 1.11 bits per heavy atom. The van der Waals surface area contributed by atoms with Crippen LogP contribution in [0, 0.1) is 12.7 Å². The molecule has 0 saturated heterocycles. The molecule has 9 heteroatoms. The normalized spacial score (nSPS) is 13.8. The molecule has 0 radical (unpaired) electrons. The lowest BCUT2D eigenvalue weighted by atomic mass is 10.0. The highest BCUT2D eigenvalue weighted by Gasteiger charge is 2.27. The summed E-state index contributed by atoms with van der Waals surface area (Å²) in [5, 5.41) is 7.61. The fourth-order valence-corrected chi connectivity index (χ4v) is 4.49. The van der Waals surface area contributed by atoms with Crippen LogP contribution in [-0.2, 0) is 6.42 Å². The predicted octanol–water partition coefficient (Wildman–Crippen LogP) is 6.68. The first-order chi connectivity index (χ1) is 17.2. The number of aryl methyl sites for hydroxylation is 1. The van der Waals surface area contributed by atoms with Crippen molar-refractivity contribution in [3.05, 3.63) is 76.9 Å². The van der Waals surface area contributed by atoms with Gasteiger partial charge >= 0.3 is 6.18 Å². The van der Waals surface area contributed by atoms with Gasteiger partial charge in [-0.05, 0) is 66.6 Å². The Bertz CT molecular complexity index is 1410. The number of nitrogens with zero attached hydrogens (tertiary/aromatic N) is 3. The Balaban J connectivity index is 1.53. The second-order valence-corrected chi connectivity index (χ2v) is 9.21. The minimum absolute atomic E-state index is 0.138. The molecule has 1 aliphatic carbocycles. The molecule has 0 atom stereocenters. The predicted molar refractivity (Wildman–Crippen MR) is 130 cm³/mol. The van der Waals surface area contributed by atoms with E-state index in [2.05, 4.69) is 29.4 Å². The second-order valence-electron chi connectivity index (χ2n) is 9.21. The number of benzene rings is 2. The van der Waals surface area contributed by atoms with Crippen LogP contribution in [0.15, 0.2) is 48.7 Å². The van der Waals surface area contributed by atoms with E-state index in [0.29, 0.717) is 28.5 Å². The molecule has 0 unspecified atom stereocenters. The van der Waals surface area contributed by atoms with Gasteiger partial charge in [-0.3, -0.25) is 0 Å². The van der Waals surface area contributed by atoms with Crippen molar-refractivity contribution in [3.63, 3.8) is 0 Å². The van der Waals surface area contributed by atoms with Gasteiger partial charge in [-0.25, -0.2) is 13.9 Å². The number of methoxy groups -OCH3 is 1. The fourth-order valence-electron chi connectivity index (χ4n) is 4.49. The van der Waals surface area contributed by atoms with Crippen molar-refractivity contribution in [3.8, 4) is 17.0 Å². The second kappa shape index (κ2) is 9.44. The zero-order valence-corrected chi connectivity index (χ0v) is 20.0. The van der Waals surface area contributed by atoms with Crippen LogP contribution in [0.1, 0.15) is 47.6 Å². The first-order valence-corrected chi connectivity index (χ1v) is 11.8. The molecule has 5 rings (SSSR count). The van der Waals surface area contributed by atoms with Gasteiger partial charge in [0.05, 0.1) is 36.8 Å². The molecule has 2 heterocycles. The van der Waals surface area contributed by atoms with E-state index in [1.54, 1.807) is 28.9 Å². The Morgan fingerprint density at radius 3 is 2.58 bits per heavy atom. The maximum Gasteiger partial charge on any atom is 0.390 e. The topological polar surface area (TPSA) is 51.5 Å². The number of hydrogen-bond acceptors (Lipinski definition) is 4. The maximum atomic E-state index is 14.3. The Hall–Kier alpha value is -3.62. The summed E-state index contributed by atoms with van der Waals surface area (Å²) in [5.74, 6) is 0.271. The summed E-state index contributed by atoms with van der Waals surface area (Å²) in [7, 11) is 1.39. The smallest absolute Gasteiger partial charge is 0.390 e. The van der Waals surface area contributed by atoms with E-state index in [0.717, 1.165) is 11.3 Å². The molecule has 1 fully saturated rings. The van der Waals surface area contributed by atoms with Gasteiger partial charge in [0.15, 0.2) is 17.2 Å². The standard InChI is InChI=1S/C27H26F4N4O/c1-16-11-19(6-7-21(16)18-4-5-18)24-15-33-26-23(32-10-9-27(29,30)31)14-20(34-35(24)26)12-17-3-8-25(36-2)22(28)13-17/h3,6-8,11,13-15,18,32H,4-5,9-10,12H2,1-2H3. The number of rotatable bonds is 8. The molecular weight excluding hydrogens is 472 g/mol. The van der Waals surface area contributed by atoms with E-state index in [9.17, 15) is 17.6 Å². The Morgan fingerprint density at radius 2 is 1.92 bits per heavy atom. The number of ether oxygens (including phenoxy) is 1. The van der Waals surface area contributed by atoms with E-state index in [4.69, 9.17) is 9.84 Å². The monoisotopic (exact) mass is 498 g/mol.